The van der Waals surface area contributed by atoms with Gasteiger partial charge in [-0.1, -0.05) is 170 Å². The number of hydrogen-bond acceptors (Lipinski definition) is 5. The minimum atomic E-state index is -0.802. The van der Waals surface area contributed by atoms with Crippen LogP contribution in [0.2, 0.25) is 0 Å². The van der Waals surface area contributed by atoms with Gasteiger partial charge in [0, 0.05) is 12.8 Å². The molecular weight excluding hydrogens is 584 g/mol. The van der Waals surface area contributed by atoms with Gasteiger partial charge in [-0.15, -0.1) is 0 Å². The minimum absolute atomic E-state index is 0.108. The van der Waals surface area contributed by atoms with Crippen molar-refractivity contribution in [2.24, 2.45) is 0 Å². The lowest BCUT2D eigenvalue weighted by Gasteiger charge is -2.15. The molecule has 0 aromatic heterocycles. The smallest absolute Gasteiger partial charge is 0.306 e. The lowest BCUT2D eigenvalue weighted by atomic mass is 10.0. The first-order valence-electron chi connectivity index (χ1n) is 19.0. The second-order valence-corrected chi connectivity index (χ2v) is 12.3. The van der Waals surface area contributed by atoms with Crippen LogP contribution in [0, 0.1) is 0 Å². The molecule has 0 fully saturated rings. The van der Waals surface area contributed by atoms with Crippen molar-refractivity contribution in [2.75, 3.05) is 13.2 Å². The van der Waals surface area contributed by atoms with E-state index in [-0.39, 0.29) is 31.6 Å². The van der Waals surface area contributed by atoms with E-state index in [2.05, 4.69) is 74.6 Å². The highest BCUT2D eigenvalue weighted by atomic mass is 16.6. The Kier molecular flexibility index (Phi) is 35.7. The third kappa shape index (κ3) is 36.0. The molecule has 0 spiro atoms. The van der Waals surface area contributed by atoms with E-state index in [1.165, 1.54) is 70.6 Å². The van der Waals surface area contributed by atoms with E-state index >= 15 is 0 Å². The van der Waals surface area contributed by atoms with Crippen molar-refractivity contribution in [1.29, 1.82) is 0 Å². The van der Waals surface area contributed by atoms with Gasteiger partial charge < -0.3 is 14.6 Å². The molecule has 5 nitrogen and oxygen atoms in total. The summed E-state index contributed by atoms with van der Waals surface area (Å²) in [5.41, 5.74) is 0. The van der Waals surface area contributed by atoms with E-state index < -0.39 is 6.10 Å². The molecule has 0 amide bonds. The molecule has 0 aliphatic carbocycles. The number of aliphatic hydroxyl groups is 1. The van der Waals surface area contributed by atoms with E-state index in [0.717, 1.165) is 57.8 Å². The Bertz CT molecular complexity index is 879. The van der Waals surface area contributed by atoms with Crippen LogP contribution in [0.4, 0.5) is 0 Å². The number of ether oxygens (including phenoxy) is 2. The van der Waals surface area contributed by atoms with E-state index in [9.17, 15) is 14.7 Å². The average molecular weight is 655 g/mol. The predicted molar refractivity (Wildman–Crippen MR) is 200 cm³/mol. The van der Waals surface area contributed by atoms with Gasteiger partial charge >= 0.3 is 11.9 Å². The Hall–Kier alpha value is -2.66. The molecule has 0 bridgehead atoms. The number of esters is 2. The number of carbonyl (C=O) groups is 2. The van der Waals surface area contributed by atoms with Gasteiger partial charge in [-0.2, -0.15) is 0 Å². The summed E-state index contributed by atoms with van der Waals surface area (Å²) in [7, 11) is 0. The van der Waals surface area contributed by atoms with Crippen molar-refractivity contribution in [3.8, 4) is 0 Å². The van der Waals surface area contributed by atoms with E-state index in [4.69, 9.17) is 9.47 Å². The molecular formula is C42H70O5. The summed E-state index contributed by atoms with van der Waals surface area (Å²) in [6, 6.07) is 0. The van der Waals surface area contributed by atoms with Crippen LogP contribution in [-0.4, -0.2) is 36.4 Å². The van der Waals surface area contributed by atoms with Crippen LogP contribution in [0.5, 0.6) is 0 Å². The van der Waals surface area contributed by atoms with Crippen molar-refractivity contribution >= 4 is 11.9 Å². The quantitative estimate of drug-likeness (QED) is 0.0433. The fourth-order valence-corrected chi connectivity index (χ4v) is 4.93. The first-order chi connectivity index (χ1) is 23.1. The Morgan fingerprint density at radius 2 is 0.915 bits per heavy atom. The third-order valence-corrected chi connectivity index (χ3v) is 7.78. The van der Waals surface area contributed by atoms with Crippen LogP contribution >= 0.6 is 0 Å². The minimum Gasteiger partial charge on any atom is -0.462 e. The molecule has 0 unspecified atom stereocenters. The second-order valence-electron chi connectivity index (χ2n) is 12.3. The van der Waals surface area contributed by atoms with Crippen LogP contribution < -0.4 is 0 Å². The third-order valence-electron chi connectivity index (χ3n) is 7.78. The van der Waals surface area contributed by atoms with Crippen LogP contribution in [0.1, 0.15) is 162 Å². The number of unbranched alkanes of at least 4 members (excludes halogenated alkanes) is 13. The topological polar surface area (TPSA) is 72.8 Å². The van der Waals surface area contributed by atoms with Gasteiger partial charge in [0.05, 0.1) is 6.61 Å². The number of carbonyl (C=O) groups excluding carboxylic acids is 2. The molecule has 0 saturated carbocycles. The van der Waals surface area contributed by atoms with Gasteiger partial charge in [-0.05, 0) is 51.4 Å². The maximum Gasteiger partial charge on any atom is 0.306 e. The summed E-state index contributed by atoms with van der Waals surface area (Å²) < 4.78 is 10.5. The largest absolute Gasteiger partial charge is 0.462 e. The van der Waals surface area contributed by atoms with Crippen LogP contribution in [0.3, 0.4) is 0 Å². The maximum absolute atomic E-state index is 12.1. The zero-order valence-electron chi connectivity index (χ0n) is 30.3. The molecule has 0 aromatic rings. The number of rotatable bonds is 33. The standard InChI is InChI=1S/C42H70O5/c1-3-5-7-9-11-13-15-17-19-20-21-22-23-25-26-28-30-32-34-36-41(44)46-39-40(38-43)47-42(45)37-35-33-31-29-27-24-18-16-14-12-10-8-6-4-2/h5,7,11,13,17,19,21-22,25-26,30,32,40,43H,3-4,6,8-10,12,14-16,18,20,23-24,27-29,31,33-39H2,1-2H3/b7-5+,13-11+,19-17+,22-21+,26-25+,32-30+/t40-/m0/s1. The van der Waals surface area contributed by atoms with E-state index in [0.29, 0.717) is 12.8 Å². The zero-order valence-corrected chi connectivity index (χ0v) is 30.3. The van der Waals surface area contributed by atoms with Crippen molar-refractivity contribution < 1.29 is 24.2 Å². The van der Waals surface area contributed by atoms with Gasteiger partial charge in [-0.25, -0.2) is 0 Å². The molecule has 268 valence electrons. The zero-order chi connectivity index (χ0) is 34.3. The lowest BCUT2D eigenvalue weighted by molar-refractivity contribution is -0.161. The maximum atomic E-state index is 12.1. The van der Waals surface area contributed by atoms with E-state index in [1.54, 1.807) is 0 Å². The molecule has 0 aliphatic heterocycles. The molecule has 1 atom stereocenters. The van der Waals surface area contributed by atoms with Crippen LogP contribution in [0.15, 0.2) is 72.9 Å². The van der Waals surface area contributed by atoms with Crippen molar-refractivity contribution in [2.45, 2.75) is 168 Å². The molecule has 5 heteroatoms. The number of hydrogen-bond donors (Lipinski definition) is 1. The SMILES string of the molecule is CC/C=C/C/C=C/C/C=C/C/C=C/C/C=C/C/C=C/CCC(=O)OC[C@H](CO)OC(=O)CCCCCCCCCCCCCCCC. The molecule has 1 N–H and O–H groups in total. The van der Waals surface area contributed by atoms with Gasteiger partial charge in [0.25, 0.3) is 0 Å². The molecule has 0 aliphatic rings. The van der Waals surface area contributed by atoms with Crippen molar-refractivity contribution in [3.63, 3.8) is 0 Å². The predicted octanol–water partition coefficient (Wildman–Crippen LogP) is 11.8. The average Bonchev–Trinajstić information content (AvgIpc) is 3.07. The van der Waals surface area contributed by atoms with Gasteiger partial charge in [0.2, 0.25) is 0 Å². The first kappa shape index (κ1) is 44.3. The molecule has 0 rings (SSSR count). The van der Waals surface area contributed by atoms with Crippen molar-refractivity contribution in [1.82, 2.24) is 0 Å². The fraction of sp³-hybridized carbons (Fsp3) is 0.667. The molecule has 0 radical (unpaired) electrons. The summed E-state index contributed by atoms with van der Waals surface area (Å²) in [6.45, 7) is 3.94. The first-order valence-corrected chi connectivity index (χ1v) is 19.0. The van der Waals surface area contributed by atoms with Crippen LogP contribution in [-0.2, 0) is 19.1 Å². The Morgan fingerprint density at radius 3 is 1.34 bits per heavy atom. The lowest BCUT2D eigenvalue weighted by Crippen LogP contribution is -2.28. The van der Waals surface area contributed by atoms with Gasteiger partial charge in [0.1, 0.15) is 6.61 Å². The Balaban J connectivity index is 3.72. The van der Waals surface area contributed by atoms with Crippen LogP contribution in [0.25, 0.3) is 0 Å². The summed E-state index contributed by atoms with van der Waals surface area (Å²) in [4.78, 5) is 24.2. The normalized spacial score (nSPS) is 13.0. The summed E-state index contributed by atoms with van der Waals surface area (Å²) in [5.74, 6) is -0.692. The summed E-state index contributed by atoms with van der Waals surface area (Å²) in [5, 5.41) is 9.53. The molecule has 0 heterocycles. The number of allylic oxidation sites excluding steroid dienone is 12. The second kappa shape index (κ2) is 37.8. The fourth-order valence-electron chi connectivity index (χ4n) is 4.93. The molecule has 0 aromatic carbocycles. The summed E-state index contributed by atoms with van der Waals surface area (Å²) >= 11 is 0. The van der Waals surface area contributed by atoms with Gasteiger partial charge in [-0.3, -0.25) is 9.59 Å². The molecule has 47 heavy (non-hydrogen) atoms. The Labute approximate surface area is 289 Å². The highest BCUT2D eigenvalue weighted by Gasteiger charge is 2.15. The Morgan fingerprint density at radius 1 is 0.511 bits per heavy atom. The molecule has 0 saturated heterocycles. The van der Waals surface area contributed by atoms with Crippen molar-refractivity contribution in [3.05, 3.63) is 72.9 Å². The highest BCUT2D eigenvalue weighted by Crippen LogP contribution is 2.14. The van der Waals surface area contributed by atoms with Gasteiger partial charge in [0.15, 0.2) is 6.10 Å². The summed E-state index contributed by atoms with van der Waals surface area (Å²) in [6.07, 6.45) is 49.7. The monoisotopic (exact) mass is 655 g/mol. The number of aliphatic hydroxyl groups excluding tert-OH is 1. The highest BCUT2D eigenvalue weighted by molar-refractivity contribution is 5.70. The van der Waals surface area contributed by atoms with E-state index in [1.807, 2.05) is 12.2 Å².